The number of nitrogens with two attached hydrogens (primary N) is 1. The fourth-order valence-corrected chi connectivity index (χ4v) is 1.79. The molecule has 6 nitrogen and oxygen atoms in total. The van der Waals surface area contributed by atoms with Crippen molar-refractivity contribution in [1.82, 2.24) is 5.32 Å². The highest BCUT2D eigenvalue weighted by atomic mass is 35.5. The lowest BCUT2D eigenvalue weighted by Gasteiger charge is -2.19. The summed E-state index contributed by atoms with van der Waals surface area (Å²) in [7, 11) is 0. The lowest BCUT2D eigenvalue weighted by molar-refractivity contribution is -0.130. The summed E-state index contributed by atoms with van der Waals surface area (Å²) >= 11 is 11.6. The van der Waals surface area contributed by atoms with Crippen molar-refractivity contribution < 1.29 is 19.1 Å². The van der Waals surface area contributed by atoms with Crippen LogP contribution in [0.2, 0.25) is 10.0 Å². The van der Waals surface area contributed by atoms with Crippen LogP contribution in [0.25, 0.3) is 0 Å². The van der Waals surface area contributed by atoms with Gasteiger partial charge in [-0.3, -0.25) is 10.1 Å². The van der Waals surface area contributed by atoms with Gasteiger partial charge in [-0.1, -0.05) is 37.0 Å². The third-order valence-corrected chi connectivity index (χ3v) is 3.24. The summed E-state index contributed by atoms with van der Waals surface area (Å²) in [5.41, 5.74) is 5.01. The highest BCUT2D eigenvalue weighted by Crippen LogP contribution is 2.23. The smallest absolute Gasteiger partial charge is 0.338 e. The van der Waals surface area contributed by atoms with E-state index in [0.717, 1.165) is 0 Å². The number of benzene rings is 1. The molecule has 0 bridgehead atoms. The van der Waals surface area contributed by atoms with Crippen LogP contribution in [-0.4, -0.2) is 24.0 Å². The molecule has 1 aromatic carbocycles. The van der Waals surface area contributed by atoms with Gasteiger partial charge >= 0.3 is 12.0 Å². The number of esters is 1. The van der Waals surface area contributed by atoms with Crippen molar-refractivity contribution in [3.05, 3.63) is 33.8 Å². The summed E-state index contributed by atoms with van der Waals surface area (Å²) in [6.45, 7) is 3.32. The minimum absolute atomic E-state index is 0.141. The molecule has 0 radical (unpaired) electrons. The number of imide groups is 1. The summed E-state index contributed by atoms with van der Waals surface area (Å²) in [5, 5.41) is 2.36. The minimum Gasteiger partial charge on any atom is -0.448 e. The van der Waals surface area contributed by atoms with E-state index in [9.17, 15) is 14.4 Å². The molecule has 3 amide bonds. The van der Waals surface area contributed by atoms with E-state index in [1.807, 2.05) is 5.32 Å². The van der Waals surface area contributed by atoms with E-state index < -0.39 is 24.0 Å². The number of ether oxygens (including phenoxy) is 1. The molecule has 0 heterocycles. The van der Waals surface area contributed by atoms with Gasteiger partial charge in [0.05, 0.1) is 15.6 Å². The number of nitrogens with one attached hydrogen (secondary N) is 1. The predicted molar refractivity (Wildman–Crippen MR) is 78.2 cm³/mol. The molecule has 1 rings (SSSR count). The monoisotopic (exact) mass is 332 g/mol. The fraction of sp³-hybridized carbons (Fsp3) is 0.308. The molecule has 0 fully saturated rings. The molecule has 0 saturated heterocycles. The fourth-order valence-electron chi connectivity index (χ4n) is 1.49. The maximum absolute atomic E-state index is 12.0. The first kappa shape index (κ1) is 17.3. The molecule has 1 unspecified atom stereocenters. The summed E-state index contributed by atoms with van der Waals surface area (Å²) in [4.78, 5) is 34.4. The van der Waals surface area contributed by atoms with Crippen LogP contribution in [0.1, 0.15) is 24.2 Å². The van der Waals surface area contributed by atoms with E-state index in [0.29, 0.717) is 5.02 Å². The van der Waals surface area contributed by atoms with Crippen LogP contribution >= 0.6 is 23.2 Å². The Morgan fingerprint density at radius 2 is 1.81 bits per heavy atom. The quantitative estimate of drug-likeness (QED) is 0.827. The average molecular weight is 333 g/mol. The van der Waals surface area contributed by atoms with Crippen molar-refractivity contribution in [1.29, 1.82) is 0 Å². The number of urea groups is 1. The number of hydrogen-bond donors (Lipinski definition) is 2. The Hall–Kier alpha value is -1.79. The van der Waals surface area contributed by atoms with E-state index in [2.05, 4.69) is 0 Å². The van der Waals surface area contributed by atoms with E-state index >= 15 is 0 Å². The van der Waals surface area contributed by atoms with Crippen molar-refractivity contribution >= 4 is 41.1 Å². The van der Waals surface area contributed by atoms with Gasteiger partial charge in [0, 0.05) is 0 Å². The molecule has 8 heteroatoms. The molecule has 114 valence electrons. The largest absolute Gasteiger partial charge is 0.448 e. The normalized spacial score (nSPS) is 11.9. The van der Waals surface area contributed by atoms with Crippen molar-refractivity contribution in [2.75, 3.05) is 0 Å². The molecule has 0 aromatic heterocycles. The molecule has 3 N–H and O–H groups in total. The van der Waals surface area contributed by atoms with E-state index in [1.165, 1.54) is 18.2 Å². The summed E-state index contributed by atoms with van der Waals surface area (Å²) < 4.78 is 5.10. The van der Waals surface area contributed by atoms with Crippen molar-refractivity contribution in [3.63, 3.8) is 0 Å². The number of carbonyl (C=O) groups is 3. The molecule has 1 aromatic rings. The van der Waals surface area contributed by atoms with Gasteiger partial charge in [0.1, 0.15) is 0 Å². The maximum atomic E-state index is 12.0. The molecule has 1 atom stereocenters. The molecule has 0 aliphatic rings. The van der Waals surface area contributed by atoms with Crippen LogP contribution in [0.15, 0.2) is 18.2 Å². The highest BCUT2D eigenvalue weighted by Gasteiger charge is 2.28. The molecule has 0 saturated carbocycles. The molecule has 0 aliphatic carbocycles. The highest BCUT2D eigenvalue weighted by molar-refractivity contribution is 6.42. The van der Waals surface area contributed by atoms with Crippen molar-refractivity contribution in [3.8, 4) is 0 Å². The number of hydrogen-bond acceptors (Lipinski definition) is 4. The molecular weight excluding hydrogens is 319 g/mol. The SMILES string of the molecule is CC(C)C(OC(=O)c1ccc(Cl)c(Cl)c1)C(=O)NC(N)=O. The van der Waals surface area contributed by atoms with Gasteiger partial charge in [-0.2, -0.15) is 0 Å². The van der Waals surface area contributed by atoms with Crippen LogP contribution in [0.5, 0.6) is 0 Å². The Kier molecular flexibility index (Phi) is 5.99. The summed E-state index contributed by atoms with van der Waals surface area (Å²) in [5.74, 6) is -1.89. The average Bonchev–Trinajstić information content (AvgIpc) is 2.37. The zero-order valence-corrected chi connectivity index (χ0v) is 12.9. The van der Waals surface area contributed by atoms with E-state index in [-0.39, 0.29) is 16.5 Å². The second-order valence-electron chi connectivity index (χ2n) is 4.55. The van der Waals surface area contributed by atoms with Gasteiger partial charge in [0.15, 0.2) is 6.10 Å². The predicted octanol–water partition coefficient (Wildman–Crippen LogP) is 2.37. The zero-order valence-electron chi connectivity index (χ0n) is 11.4. The third-order valence-electron chi connectivity index (χ3n) is 2.50. The van der Waals surface area contributed by atoms with Crippen LogP contribution in [0.4, 0.5) is 4.79 Å². The van der Waals surface area contributed by atoms with Gasteiger partial charge < -0.3 is 10.5 Å². The molecule has 0 aliphatic heterocycles. The second-order valence-corrected chi connectivity index (χ2v) is 5.37. The second kappa shape index (κ2) is 7.28. The Labute approximate surface area is 131 Å². The van der Waals surface area contributed by atoms with Crippen LogP contribution < -0.4 is 11.1 Å². The standard InChI is InChI=1S/C13H14Cl2N2O4/c1-6(2)10(11(18)17-13(16)20)21-12(19)7-3-4-8(14)9(15)5-7/h3-6,10H,1-2H3,(H3,16,17,18,20). The summed E-state index contributed by atoms with van der Waals surface area (Å²) in [6, 6.07) is 3.17. The van der Waals surface area contributed by atoms with Crippen LogP contribution in [0.3, 0.4) is 0 Å². The number of primary amides is 1. The third kappa shape index (κ3) is 4.91. The molecular formula is C13H14Cl2N2O4. The number of halogens is 2. The Morgan fingerprint density at radius 1 is 1.19 bits per heavy atom. The van der Waals surface area contributed by atoms with E-state index in [1.54, 1.807) is 13.8 Å². The topological polar surface area (TPSA) is 98.5 Å². The molecule has 21 heavy (non-hydrogen) atoms. The van der Waals surface area contributed by atoms with Gasteiger partial charge in [-0.25, -0.2) is 9.59 Å². The van der Waals surface area contributed by atoms with Crippen LogP contribution in [-0.2, 0) is 9.53 Å². The van der Waals surface area contributed by atoms with Crippen molar-refractivity contribution in [2.24, 2.45) is 11.7 Å². The first-order valence-electron chi connectivity index (χ1n) is 5.98. The minimum atomic E-state index is -1.15. The van der Waals surface area contributed by atoms with Gasteiger partial charge in [-0.05, 0) is 24.1 Å². The first-order valence-corrected chi connectivity index (χ1v) is 6.74. The lowest BCUT2D eigenvalue weighted by atomic mass is 10.1. The maximum Gasteiger partial charge on any atom is 0.338 e. The van der Waals surface area contributed by atoms with Gasteiger partial charge in [0.2, 0.25) is 0 Å². The van der Waals surface area contributed by atoms with Crippen molar-refractivity contribution in [2.45, 2.75) is 20.0 Å². The molecule has 0 spiro atoms. The van der Waals surface area contributed by atoms with Gasteiger partial charge in [0.25, 0.3) is 5.91 Å². The van der Waals surface area contributed by atoms with E-state index in [4.69, 9.17) is 33.7 Å². The summed E-state index contributed by atoms with van der Waals surface area (Å²) in [6.07, 6.45) is -1.15. The number of carbonyl (C=O) groups excluding carboxylic acids is 3. The van der Waals surface area contributed by atoms with Crippen LogP contribution in [0, 0.1) is 5.92 Å². The Morgan fingerprint density at radius 3 is 2.29 bits per heavy atom. The first-order chi connectivity index (χ1) is 9.72. The number of amides is 3. The Balaban J connectivity index is 2.88. The number of rotatable bonds is 4. The lowest BCUT2D eigenvalue weighted by Crippen LogP contribution is -2.45. The Bertz CT molecular complexity index is 575. The zero-order chi connectivity index (χ0) is 16.2. The van der Waals surface area contributed by atoms with Gasteiger partial charge in [-0.15, -0.1) is 0 Å².